The van der Waals surface area contributed by atoms with Gasteiger partial charge in [-0.3, -0.25) is 9.59 Å². The third kappa shape index (κ3) is 1.27. The van der Waals surface area contributed by atoms with Gasteiger partial charge in [0, 0.05) is 5.02 Å². The molecule has 0 aliphatic carbocycles. The highest BCUT2D eigenvalue weighted by Crippen LogP contribution is 2.40. The lowest BCUT2D eigenvalue weighted by atomic mass is 10.1. The summed E-state index contributed by atoms with van der Waals surface area (Å²) in [6, 6.07) is 6.60. The van der Waals surface area contributed by atoms with Crippen LogP contribution in [-0.4, -0.2) is 24.0 Å². The first-order valence-corrected chi connectivity index (χ1v) is 5.27. The predicted octanol–water partition coefficient (Wildman–Crippen LogP) is 1.37. The minimum atomic E-state index is -0.850. The largest absolute Gasteiger partial charge is 0.359 e. The normalized spacial score (nSPS) is 27.9. The molecular formula is C11H8ClNO3. The molecule has 2 saturated heterocycles. The van der Waals surface area contributed by atoms with Gasteiger partial charge in [-0.05, 0) is 24.3 Å². The quantitative estimate of drug-likeness (QED) is 0.548. The summed E-state index contributed by atoms with van der Waals surface area (Å²) in [5.41, 5.74) is -0.303. The molecule has 2 aliphatic rings. The summed E-state index contributed by atoms with van der Waals surface area (Å²) in [6.45, 7) is 0.349. The zero-order valence-corrected chi connectivity index (χ0v) is 9.03. The Labute approximate surface area is 96.7 Å². The van der Waals surface area contributed by atoms with Crippen LogP contribution in [0.15, 0.2) is 24.3 Å². The Hall–Kier alpha value is -1.39. The molecule has 0 bridgehead atoms. The number of carbonyl (C=O) groups is 2. The van der Waals surface area contributed by atoms with Crippen LogP contribution in [0.1, 0.15) is 6.42 Å². The number of imide groups is 1. The van der Waals surface area contributed by atoms with Gasteiger partial charge in [0.1, 0.15) is 0 Å². The highest BCUT2D eigenvalue weighted by atomic mass is 35.5. The SMILES string of the molecule is O=C1CC2(CO2)C(=O)N1c1ccc(Cl)cc1. The minimum Gasteiger partial charge on any atom is -0.359 e. The van der Waals surface area contributed by atoms with Crippen LogP contribution in [0.25, 0.3) is 0 Å². The zero-order valence-electron chi connectivity index (χ0n) is 8.27. The van der Waals surface area contributed by atoms with Gasteiger partial charge in [-0.15, -0.1) is 0 Å². The summed E-state index contributed by atoms with van der Waals surface area (Å²) in [7, 11) is 0. The number of anilines is 1. The van der Waals surface area contributed by atoms with E-state index in [-0.39, 0.29) is 18.2 Å². The lowest BCUT2D eigenvalue weighted by molar-refractivity contribution is -0.122. The molecule has 1 aromatic rings. The Morgan fingerprint density at radius 1 is 1.25 bits per heavy atom. The first kappa shape index (κ1) is 9.81. The Morgan fingerprint density at radius 3 is 2.38 bits per heavy atom. The summed E-state index contributed by atoms with van der Waals surface area (Å²) in [5.74, 6) is -0.482. The third-order valence-electron chi connectivity index (χ3n) is 2.86. The van der Waals surface area contributed by atoms with Gasteiger partial charge in [0.15, 0.2) is 5.60 Å². The molecule has 0 N–H and O–H groups in total. The fourth-order valence-corrected chi connectivity index (χ4v) is 2.01. The van der Waals surface area contributed by atoms with E-state index in [4.69, 9.17) is 16.3 Å². The standard InChI is InChI=1S/C11H8ClNO3/c12-7-1-3-8(4-2-7)13-9(14)5-11(6-16-11)10(13)15/h1-4H,5-6H2. The number of hydrogen-bond donors (Lipinski definition) is 0. The Kier molecular flexibility index (Phi) is 1.87. The molecule has 2 fully saturated rings. The molecular weight excluding hydrogens is 230 g/mol. The smallest absolute Gasteiger partial charge is 0.268 e. The number of amides is 2. The fourth-order valence-electron chi connectivity index (χ4n) is 1.88. The van der Waals surface area contributed by atoms with Crippen molar-refractivity contribution < 1.29 is 14.3 Å². The first-order valence-electron chi connectivity index (χ1n) is 4.89. The highest BCUT2D eigenvalue weighted by Gasteiger charge is 2.62. The van der Waals surface area contributed by atoms with Crippen molar-refractivity contribution >= 4 is 29.1 Å². The van der Waals surface area contributed by atoms with Gasteiger partial charge >= 0.3 is 0 Å². The number of rotatable bonds is 1. The van der Waals surface area contributed by atoms with Crippen LogP contribution >= 0.6 is 11.6 Å². The monoisotopic (exact) mass is 237 g/mol. The van der Waals surface area contributed by atoms with Crippen LogP contribution in [0, 0.1) is 0 Å². The maximum atomic E-state index is 11.9. The minimum absolute atomic E-state index is 0.147. The van der Waals surface area contributed by atoms with Gasteiger partial charge < -0.3 is 4.74 Å². The van der Waals surface area contributed by atoms with E-state index in [0.29, 0.717) is 17.3 Å². The molecule has 0 saturated carbocycles. The van der Waals surface area contributed by atoms with E-state index in [0.717, 1.165) is 0 Å². The van der Waals surface area contributed by atoms with Crippen molar-refractivity contribution in [3.05, 3.63) is 29.3 Å². The second-order valence-corrected chi connectivity index (χ2v) is 4.41. The van der Waals surface area contributed by atoms with Crippen LogP contribution in [0.3, 0.4) is 0 Å². The summed E-state index contributed by atoms with van der Waals surface area (Å²) in [5, 5.41) is 0.570. The number of benzene rings is 1. The maximum Gasteiger partial charge on any atom is 0.268 e. The summed E-state index contributed by atoms with van der Waals surface area (Å²) in [6.07, 6.45) is 0.147. The van der Waals surface area contributed by atoms with E-state index in [1.54, 1.807) is 24.3 Å². The van der Waals surface area contributed by atoms with Gasteiger partial charge in [0.25, 0.3) is 5.91 Å². The lowest BCUT2D eigenvalue weighted by Gasteiger charge is -2.13. The zero-order chi connectivity index (χ0) is 11.3. The Bertz CT molecular complexity index is 479. The van der Waals surface area contributed by atoms with Crippen molar-refractivity contribution in [2.24, 2.45) is 0 Å². The van der Waals surface area contributed by atoms with E-state index in [1.807, 2.05) is 0 Å². The fraction of sp³-hybridized carbons (Fsp3) is 0.273. The molecule has 1 atom stereocenters. The van der Waals surface area contributed by atoms with E-state index < -0.39 is 5.60 Å². The second-order valence-electron chi connectivity index (χ2n) is 3.97. The van der Waals surface area contributed by atoms with Crippen LogP contribution in [0.4, 0.5) is 5.69 Å². The Morgan fingerprint density at radius 2 is 1.88 bits per heavy atom. The number of halogens is 1. The molecule has 5 heteroatoms. The molecule has 3 rings (SSSR count). The first-order chi connectivity index (χ1) is 7.62. The number of epoxide rings is 1. The number of ether oxygens (including phenoxy) is 1. The van der Waals surface area contributed by atoms with Crippen molar-refractivity contribution in [2.45, 2.75) is 12.0 Å². The van der Waals surface area contributed by atoms with Gasteiger partial charge in [0.2, 0.25) is 5.91 Å². The molecule has 0 radical (unpaired) electrons. The molecule has 1 spiro atoms. The number of hydrogen-bond acceptors (Lipinski definition) is 3. The summed E-state index contributed by atoms with van der Waals surface area (Å²) < 4.78 is 5.08. The molecule has 1 unspecified atom stereocenters. The molecule has 82 valence electrons. The summed E-state index contributed by atoms with van der Waals surface area (Å²) >= 11 is 5.75. The topological polar surface area (TPSA) is 49.9 Å². The van der Waals surface area contributed by atoms with Crippen LogP contribution in [0.2, 0.25) is 5.02 Å². The molecule has 2 amide bonds. The van der Waals surface area contributed by atoms with Crippen molar-refractivity contribution in [3.8, 4) is 0 Å². The average Bonchev–Trinajstić information content (AvgIpc) is 2.97. The predicted molar refractivity (Wildman–Crippen MR) is 57.2 cm³/mol. The second kappa shape index (κ2) is 3.06. The average molecular weight is 238 g/mol. The van der Waals surface area contributed by atoms with Crippen LogP contribution in [0.5, 0.6) is 0 Å². The van der Waals surface area contributed by atoms with Crippen LogP contribution in [-0.2, 0) is 14.3 Å². The van der Waals surface area contributed by atoms with Crippen molar-refractivity contribution in [1.82, 2.24) is 0 Å². The van der Waals surface area contributed by atoms with E-state index >= 15 is 0 Å². The molecule has 16 heavy (non-hydrogen) atoms. The molecule has 1 aromatic carbocycles. The van der Waals surface area contributed by atoms with Crippen molar-refractivity contribution in [3.63, 3.8) is 0 Å². The van der Waals surface area contributed by atoms with Crippen molar-refractivity contribution in [2.75, 3.05) is 11.5 Å². The Balaban J connectivity index is 1.98. The third-order valence-corrected chi connectivity index (χ3v) is 3.11. The lowest BCUT2D eigenvalue weighted by Crippen LogP contribution is -2.33. The van der Waals surface area contributed by atoms with Gasteiger partial charge in [-0.25, -0.2) is 4.90 Å². The van der Waals surface area contributed by atoms with Crippen molar-refractivity contribution in [1.29, 1.82) is 0 Å². The van der Waals surface area contributed by atoms with Gasteiger partial charge in [0.05, 0.1) is 18.7 Å². The number of carbonyl (C=O) groups excluding carboxylic acids is 2. The van der Waals surface area contributed by atoms with Gasteiger partial charge in [-0.1, -0.05) is 11.6 Å². The molecule has 0 aromatic heterocycles. The molecule has 2 aliphatic heterocycles. The highest BCUT2D eigenvalue weighted by molar-refractivity contribution is 6.31. The molecule has 2 heterocycles. The maximum absolute atomic E-state index is 11.9. The van der Waals surface area contributed by atoms with E-state index in [1.165, 1.54) is 4.90 Å². The molecule has 4 nitrogen and oxygen atoms in total. The van der Waals surface area contributed by atoms with Crippen LogP contribution < -0.4 is 4.90 Å². The van der Waals surface area contributed by atoms with Gasteiger partial charge in [-0.2, -0.15) is 0 Å². The van der Waals surface area contributed by atoms with E-state index in [9.17, 15) is 9.59 Å². The van der Waals surface area contributed by atoms with E-state index in [2.05, 4.69) is 0 Å². The summed E-state index contributed by atoms with van der Waals surface area (Å²) in [4.78, 5) is 24.8. The number of nitrogens with zero attached hydrogens (tertiary/aromatic N) is 1.